The first-order chi connectivity index (χ1) is 18.4. The van der Waals surface area contributed by atoms with Crippen molar-refractivity contribution in [1.82, 2.24) is 0 Å². The Morgan fingerprint density at radius 3 is 2.03 bits per heavy atom. The number of nitriles is 1. The van der Waals surface area contributed by atoms with Gasteiger partial charge in [0.1, 0.15) is 40.6 Å². The van der Waals surface area contributed by atoms with E-state index in [0.29, 0.717) is 12.5 Å². The molecule has 0 atom stereocenters. The molecule has 4 nitrogen and oxygen atoms in total. The normalized spacial score (nSPS) is 17.1. The lowest BCUT2D eigenvalue weighted by Crippen LogP contribution is -2.20. The molecule has 0 bridgehead atoms. The molecule has 0 aromatic heterocycles. The van der Waals surface area contributed by atoms with Crippen molar-refractivity contribution < 1.29 is 27.4 Å². The summed E-state index contributed by atoms with van der Waals surface area (Å²) in [5.41, 5.74) is -1.12. The summed E-state index contributed by atoms with van der Waals surface area (Å²) in [5.74, 6) is -3.58. The van der Waals surface area contributed by atoms with Gasteiger partial charge in [0.2, 0.25) is 0 Å². The van der Waals surface area contributed by atoms with E-state index >= 15 is 0 Å². The number of ether oxygens (including phenoxy) is 2. The van der Waals surface area contributed by atoms with Gasteiger partial charge in [0, 0.05) is 18.2 Å². The van der Waals surface area contributed by atoms with Crippen LogP contribution >= 0.6 is 0 Å². The molecule has 0 heterocycles. The number of carbonyl (C=O) groups is 1. The Bertz CT molecular complexity index is 1070. The van der Waals surface area contributed by atoms with Crippen LogP contribution in [-0.4, -0.2) is 12.6 Å². The van der Waals surface area contributed by atoms with E-state index in [9.17, 15) is 18.0 Å². The Morgan fingerprint density at radius 2 is 1.42 bits per heavy atom. The number of esters is 1. The van der Waals surface area contributed by atoms with E-state index in [4.69, 9.17) is 14.7 Å². The number of carbonyl (C=O) groups excluding carboxylic acids is 1. The number of unbranched alkanes of at least 4 members (excludes halogenated alkanes) is 7. The number of rotatable bonds is 14. The van der Waals surface area contributed by atoms with Crippen LogP contribution in [0.25, 0.3) is 0 Å². The number of hydrogen-bond donors (Lipinski definition) is 0. The molecule has 2 aromatic rings. The number of benzene rings is 2. The van der Waals surface area contributed by atoms with Crippen molar-refractivity contribution in [1.29, 1.82) is 5.26 Å². The van der Waals surface area contributed by atoms with Gasteiger partial charge in [-0.2, -0.15) is 5.26 Å². The van der Waals surface area contributed by atoms with Crippen molar-refractivity contribution >= 4 is 5.97 Å². The molecule has 0 aliphatic heterocycles. The maximum atomic E-state index is 14.6. The van der Waals surface area contributed by atoms with Gasteiger partial charge in [-0.05, 0) is 36.8 Å². The second-order valence-corrected chi connectivity index (χ2v) is 10.4. The van der Waals surface area contributed by atoms with Gasteiger partial charge in [0.25, 0.3) is 0 Å². The second-order valence-electron chi connectivity index (χ2n) is 10.4. The highest BCUT2D eigenvalue weighted by atomic mass is 19.1. The Labute approximate surface area is 224 Å². The fourth-order valence-corrected chi connectivity index (χ4v) is 5.10. The summed E-state index contributed by atoms with van der Waals surface area (Å²) in [4.78, 5) is 12.3. The zero-order valence-electron chi connectivity index (χ0n) is 22.2. The Balaban J connectivity index is 1.40. The van der Waals surface area contributed by atoms with Crippen molar-refractivity contribution in [3.05, 3.63) is 58.9 Å². The molecule has 38 heavy (non-hydrogen) atoms. The van der Waals surface area contributed by atoms with Crippen LogP contribution in [-0.2, 0) is 0 Å². The molecule has 0 unspecified atom stereocenters. The standard InChI is InChI=1S/C31H38F3NO3/c1-2-3-4-5-6-7-8-9-10-22-11-13-23(14-12-22)21-37-26-18-28(33)30(29(34)19-26)31(36)38-25-16-15-24(20-35)27(32)17-25/h15-19,22-23H,2-14,21H2,1H3. The second kappa shape index (κ2) is 15.4. The van der Waals surface area contributed by atoms with Crippen LogP contribution < -0.4 is 9.47 Å². The highest BCUT2D eigenvalue weighted by Gasteiger charge is 2.24. The zero-order valence-corrected chi connectivity index (χ0v) is 22.2. The molecule has 206 valence electrons. The van der Waals surface area contributed by atoms with Gasteiger partial charge in [0.05, 0.1) is 12.2 Å². The van der Waals surface area contributed by atoms with Gasteiger partial charge in [-0.3, -0.25) is 0 Å². The summed E-state index contributed by atoms with van der Waals surface area (Å²) in [6, 6.07) is 6.68. The lowest BCUT2D eigenvalue weighted by molar-refractivity contribution is 0.0724. The molecule has 0 spiro atoms. The van der Waals surface area contributed by atoms with Crippen LogP contribution in [0.3, 0.4) is 0 Å². The molecular weight excluding hydrogens is 491 g/mol. The van der Waals surface area contributed by atoms with Gasteiger partial charge < -0.3 is 9.47 Å². The maximum Gasteiger partial charge on any atom is 0.349 e. The fourth-order valence-electron chi connectivity index (χ4n) is 5.10. The van der Waals surface area contributed by atoms with Crippen molar-refractivity contribution in [3.8, 4) is 17.6 Å². The van der Waals surface area contributed by atoms with Gasteiger partial charge >= 0.3 is 5.97 Å². The molecule has 1 saturated carbocycles. The largest absolute Gasteiger partial charge is 0.493 e. The first-order valence-corrected chi connectivity index (χ1v) is 13.9. The van der Waals surface area contributed by atoms with E-state index in [0.717, 1.165) is 55.9 Å². The predicted molar refractivity (Wildman–Crippen MR) is 141 cm³/mol. The minimum atomic E-state index is -1.30. The zero-order chi connectivity index (χ0) is 27.3. The van der Waals surface area contributed by atoms with Crippen LogP contribution in [0.15, 0.2) is 30.3 Å². The van der Waals surface area contributed by atoms with Crippen LogP contribution in [0.1, 0.15) is 106 Å². The Hall–Kier alpha value is -3.01. The highest BCUT2D eigenvalue weighted by molar-refractivity contribution is 5.91. The van der Waals surface area contributed by atoms with E-state index in [-0.39, 0.29) is 17.1 Å². The van der Waals surface area contributed by atoms with Crippen molar-refractivity contribution in [2.24, 2.45) is 11.8 Å². The fraction of sp³-hybridized carbons (Fsp3) is 0.548. The SMILES string of the molecule is CCCCCCCCCCC1CCC(COc2cc(F)c(C(=O)Oc3ccc(C#N)c(F)c3)c(F)c2)CC1. The van der Waals surface area contributed by atoms with Crippen LogP contribution in [0.4, 0.5) is 13.2 Å². The smallest absolute Gasteiger partial charge is 0.349 e. The molecule has 1 fully saturated rings. The third-order valence-corrected chi connectivity index (χ3v) is 7.41. The summed E-state index contributed by atoms with van der Waals surface area (Å²) in [5, 5.41) is 8.77. The molecular formula is C31H38F3NO3. The van der Waals surface area contributed by atoms with Crippen molar-refractivity contribution in [2.75, 3.05) is 6.61 Å². The van der Waals surface area contributed by atoms with Crippen LogP contribution in [0, 0.1) is 40.6 Å². The van der Waals surface area contributed by atoms with Crippen LogP contribution in [0.2, 0.25) is 0 Å². The summed E-state index contributed by atoms with van der Waals surface area (Å²) in [6.07, 6.45) is 16.4. The number of hydrogen-bond acceptors (Lipinski definition) is 4. The first kappa shape index (κ1) is 29.5. The third kappa shape index (κ3) is 9.08. The molecule has 1 aliphatic rings. The Kier molecular flexibility index (Phi) is 12.0. The molecule has 0 radical (unpaired) electrons. The number of nitrogens with zero attached hydrogens (tertiary/aromatic N) is 1. The van der Waals surface area contributed by atoms with Gasteiger partial charge in [-0.1, -0.05) is 77.6 Å². The summed E-state index contributed by atoms with van der Waals surface area (Å²) in [6.45, 7) is 2.61. The molecule has 1 aliphatic carbocycles. The first-order valence-electron chi connectivity index (χ1n) is 13.9. The van der Waals surface area contributed by atoms with E-state index in [1.807, 2.05) is 0 Å². The van der Waals surface area contributed by atoms with Crippen LogP contribution in [0.5, 0.6) is 11.5 Å². The topological polar surface area (TPSA) is 59.3 Å². The summed E-state index contributed by atoms with van der Waals surface area (Å²) < 4.78 is 53.5. The maximum absolute atomic E-state index is 14.6. The van der Waals surface area contributed by atoms with E-state index in [1.54, 1.807) is 6.07 Å². The Morgan fingerprint density at radius 1 is 0.842 bits per heavy atom. The highest BCUT2D eigenvalue weighted by Crippen LogP contribution is 2.33. The minimum absolute atomic E-state index is 0.0158. The molecule has 7 heteroatoms. The predicted octanol–water partition coefficient (Wildman–Crippen LogP) is 8.91. The summed E-state index contributed by atoms with van der Waals surface area (Å²) in [7, 11) is 0. The van der Waals surface area contributed by atoms with E-state index < -0.39 is 29.0 Å². The van der Waals surface area contributed by atoms with Crippen molar-refractivity contribution in [2.45, 2.75) is 90.4 Å². The summed E-state index contributed by atoms with van der Waals surface area (Å²) >= 11 is 0. The molecule has 3 rings (SSSR count). The van der Waals surface area contributed by atoms with E-state index in [2.05, 4.69) is 6.92 Å². The molecule has 2 aromatic carbocycles. The lowest BCUT2D eigenvalue weighted by Gasteiger charge is -2.28. The van der Waals surface area contributed by atoms with Gasteiger partial charge in [0.15, 0.2) is 0 Å². The van der Waals surface area contributed by atoms with Gasteiger partial charge in [-0.25, -0.2) is 18.0 Å². The average Bonchev–Trinajstić information content (AvgIpc) is 2.89. The minimum Gasteiger partial charge on any atom is -0.493 e. The average molecular weight is 530 g/mol. The quantitative estimate of drug-likeness (QED) is 0.139. The monoisotopic (exact) mass is 529 g/mol. The molecule has 0 amide bonds. The van der Waals surface area contributed by atoms with E-state index in [1.165, 1.54) is 63.9 Å². The third-order valence-electron chi connectivity index (χ3n) is 7.41. The molecule has 0 saturated heterocycles. The number of halogens is 3. The molecule has 0 N–H and O–H groups in total. The van der Waals surface area contributed by atoms with Gasteiger partial charge in [-0.15, -0.1) is 0 Å². The van der Waals surface area contributed by atoms with Crippen molar-refractivity contribution in [3.63, 3.8) is 0 Å². The lowest BCUT2D eigenvalue weighted by atomic mass is 9.80.